The molecule has 0 aromatic heterocycles. The van der Waals surface area contributed by atoms with E-state index in [4.69, 9.17) is 10.00 Å². The van der Waals surface area contributed by atoms with E-state index >= 15 is 0 Å². The summed E-state index contributed by atoms with van der Waals surface area (Å²) in [6.07, 6.45) is 5.91. The van der Waals surface area contributed by atoms with Gasteiger partial charge in [0.2, 0.25) is 0 Å². The van der Waals surface area contributed by atoms with Crippen molar-refractivity contribution in [3.05, 3.63) is 35.9 Å². The highest BCUT2D eigenvalue weighted by molar-refractivity contribution is 5.51. The van der Waals surface area contributed by atoms with Gasteiger partial charge in [0.15, 0.2) is 0 Å². The van der Waals surface area contributed by atoms with Crippen LogP contribution in [0.15, 0.2) is 30.3 Å². The fourth-order valence-corrected chi connectivity index (χ4v) is 1.46. The largest absolute Gasteiger partial charge is 0.497 e. The van der Waals surface area contributed by atoms with Crippen LogP contribution in [0.5, 0.6) is 5.75 Å². The van der Waals surface area contributed by atoms with Gasteiger partial charge in [-0.05, 0) is 24.1 Å². The van der Waals surface area contributed by atoms with Crippen molar-refractivity contribution in [3.63, 3.8) is 0 Å². The predicted octanol–water partition coefficient (Wildman–Crippen LogP) is 3.65. The van der Waals surface area contributed by atoms with Crippen LogP contribution in [0.3, 0.4) is 0 Å². The van der Waals surface area contributed by atoms with E-state index in [1.54, 1.807) is 7.11 Å². The Bertz CT molecular complexity index is 373. The summed E-state index contributed by atoms with van der Waals surface area (Å²) < 4.78 is 5.08. The highest BCUT2D eigenvalue weighted by Gasteiger charge is 1.99. The first-order valence-corrected chi connectivity index (χ1v) is 5.52. The molecule has 0 spiro atoms. The summed E-state index contributed by atoms with van der Waals surface area (Å²) in [5, 5.41) is 8.90. The number of hydrogen-bond donors (Lipinski definition) is 0. The first-order valence-electron chi connectivity index (χ1n) is 5.52. The molecule has 1 unspecified atom stereocenters. The average molecular weight is 215 g/mol. The van der Waals surface area contributed by atoms with Gasteiger partial charge in [0.05, 0.1) is 19.1 Å². The zero-order valence-electron chi connectivity index (χ0n) is 9.81. The number of methoxy groups -OCH3 is 1. The zero-order chi connectivity index (χ0) is 11.8. The molecule has 0 amide bonds. The van der Waals surface area contributed by atoms with Crippen LogP contribution >= 0.6 is 0 Å². The van der Waals surface area contributed by atoms with Gasteiger partial charge in [-0.1, -0.05) is 37.6 Å². The maximum Gasteiger partial charge on any atom is 0.118 e. The first-order chi connectivity index (χ1) is 7.80. The quantitative estimate of drug-likeness (QED) is 0.751. The van der Waals surface area contributed by atoms with Crippen LogP contribution in [0.25, 0.3) is 6.08 Å². The fraction of sp³-hybridized carbons (Fsp3) is 0.357. The Kier molecular flexibility index (Phi) is 5.15. The van der Waals surface area contributed by atoms with E-state index in [0.717, 1.165) is 24.2 Å². The predicted molar refractivity (Wildman–Crippen MR) is 66.0 cm³/mol. The maximum atomic E-state index is 8.90. The van der Waals surface area contributed by atoms with Gasteiger partial charge in [-0.25, -0.2) is 0 Å². The molecule has 0 N–H and O–H groups in total. The number of nitriles is 1. The Morgan fingerprint density at radius 2 is 2.06 bits per heavy atom. The third-order valence-corrected chi connectivity index (χ3v) is 2.40. The maximum absolute atomic E-state index is 8.90. The lowest BCUT2D eigenvalue weighted by molar-refractivity contribution is 0.415. The standard InChI is InChI=1S/C14H17NO/c1-3-4-13(11-15)6-5-12-7-9-14(16-2)10-8-12/h5-10,13H,3-4H2,1-2H3/b6-5+. The van der Waals surface area contributed by atoms with Crippen molar-refractivity contribution in [2.45, 2.75) is 19.8 Å². The van der Waals surface area contributed by atoms with Gasteiger partial charge >= 0.3 is 0 Å². The lowest BCUT2D eigenvalue weighted by atomic mass is 10.0. The molecule has 0 aliphatic carbocycles. The zero-order valence-corrected chi connectivity index (χ0v) is 9.81. The Labute approximate surface area is 97.2 Å². The van der Waals surface area contributed by atoms with Gasteiger partial charge in [-0.3, -0.25) is 0 Å². The molecular formula is C14H17NO. The molecule has 2 heteroatoms. The van der Waals surface area contributed by atoms with Crippen molar-refractivity contribution in [3.8, 4) is 11.8 Å². The smallest absolute Gasteiger partial charge is 0.118 e. The molecule has 0 aliphatic heterocycles. The molecule has 0 radical (unpaired) electrons. The van der Waals surface area contributed by atoms with Gasteiger partial charge in [0.25, 0.3) is 0 Å². The molecule has 2 nitrogen and oxygen atoms in total. The number of nitrogens with zero attached hydrogens (tertiary/aromatic N) is 1. The van der Waals surface area contributed by atoms with Gasteiger partial charge in [0, 0.05) is 0 Å². The first kappa shape index (κ1) is 12.3. The molecule has 1 rings (SSSR count). The monoisotopic (exact) mass is 215 g/mol. The average Bonchev–Trinajstić information content (AvgIpc) is 2.35. The molecule has 1 aromatic rings. The SMILES string of the molecule is CCCC(C#N)/C=C/c1ccc(OC)cc1. The lowest BCUT2D eigenvalue weighted by Gasteiger charge is -2.01. The minimum atomic E-state index is 0.0205. The molecular weight excluding hydrogens is 198 g/mol. The van der Waals surface area contributed by atoms with Crippen molar-refractivity contribution >= 4 is 6.08 Å². The summed E-state index contributed by atoms with van der Waals surface area (Å²) in [5.41, 5.74) is 1.09. The summed E-state index contributed by atoms with van der Waals surface area (Å²) in [4.78, 5) is 0. The molecule has 1 aromatic carbocycles. The second-order valence-corrected chi connectivity index (χ2v) is 3.66. The van der Waals surface area contributed by atoms with Crippen molar-refractivity contribution in [2.24, 2.45) is 5.92 Å². The third kappa shape index (κ3) is 3.78. The second-order valence-electron chi connectivity index (χ2n) is 3.66. The molecule has 0 saturated carbocycles. The summed E-state index contributed by atoms with van der Waals surface area (Å²) >= 11 is 0. The van der Waals surface area contributed by atoms with Crippen molar-refractivity contribution in [1.29, 1.82) is 5.26 Å². The summed E-state index contributed by atoms with van der Waals surface area (Å²) in [5.74, 6) is 0.870. The number of allylic oxidation sites excluding steroid dienone is 1. The summed E-state index contributed by atoms with van der Waals surface area (Å²) in [6.45, 7) is 2.09. The third-order valence-electron chi connectivity index (χ3n) is 2.40. The fourth-order valence-electron chi connectivity index (χ4n) is 1.46. The van der Waals surface area contributed by atoms with Gasteiger partial charge in [-0.2, -0.15) is 5.26 Å². The van der Waals surface area contributed by atoms with E-state index in [1.807, 2.05) is 36.4 Å². The molecule has 16 heavy (non-hydrogen) atoms. The highest BCUT2D eigenvalue weighted by Crippen LogP contribution is 2.14. The molecule has 1 atom stereocenters. The highest BCUT2D eigenvalue weighted by atomic mass is 16.5. The van der Waals surface area contributed by atoms with Crippen LogP contribution in [0.2, 0.25) is 0 Å². The summed E-state index contributed by atoms with van der Waals surface area (Å²) in [6, 6.07) is 10.1. The van der Waals surface area contributed by atoms with Gasteiger partial charge < -0.3 is 4.74 Å². The van der Waals surface area contributed by atoms with Crippen molar-refractivity contribution in [1.82, 2.24) is 0 Å². The van der Waals surface area contributed by atoms with Crippen LogP contribution in [-0.4, -0.2) is 7.11 Å². The van der Waals surface area contributed by atoms with Crippen LogP contribution in [-0.2, 0) is 0 Å². The van der Waals surface area contributed by atoms with E-state index in [-0.39, 0.29) is 5.92 Å². The lowest BCUT2D eigenvalue weighted by Crippen LogP contribution is -1.90. The van der Waals surface area contributed by atoms with Crippen molar-refractivity contribution in [2.75, 3.05) is 7.11 Å². The van der Waals surface area contributed by atoms with E-state index in [1.165, 1.54) is 0 Å². The Balaban J connectivity index is 2.64. The number of hydrogen-bond acceptors (Lipinski definition) is 2. The van der Waals surface area contributed by atoms with Crippen molar-refractivity contribution < 1.29 is 4.74 Å². The van der Waals surface area contributed by atoms with Crippen LogP contribution in [0.4, 0.5) is 0 Å². The van der Waals surface area contributed by atoms with E-state index in [2.05, 4.69) is 13.0 Å². The minimum absolute atomic E-state index is 0.0205. The molecule has 0 aliphatic rings. The van der Waals surface area contributed by atoms with Crippen LogP contribution < -0.4 is 4.74 Å². The van der Waals surface area contributed by atoms with E-state index in [0.29, 0.717) is 0 Å². The Hall–Kier alpha value is -1.75. The molecule has 84 valence electrons. The topological polar surface area (TPSA) is 33.0 Å². The van der Waals surface area contributed by atoms with E-state index < -0.39 is 0 Å². The number of rotatable bonds is 5. The summed E-state index contributed by atoms with van der Waals surface area (Å²) in [7, 11) is 1.65. The van der Waals surface area contributed by atoms with Crippen LogP contribution in [0.1, 0.15) is 25.3 Å². The van der Waals surface area contributed by atoms with E-state index in [9.17, 15) is 0 Å². The molecule has 0 fully saturated rings. The number of ether oxygens (including phenoxy) is 1. The number of benzene rings is 1. The second kappa shape index (κ2) is 6.68. The van der Waals surface area contributed by atoms with Crippen LogP contribution in [0, 0.1) is 17.2 Å². The van der Waals surface area contributed by atoms with Gasteiger partial charge in [0.1, 0.15) is 5.75 Å². The normalized spacial score (nSPS) is 12.3. The molecule has 0 saturated heterocycles. The minimum Gasteiger partial charge on any atom is -0.497 e. The van der Waals surface area contributed by atoms with Gasteiger partial charge in [-0.15, -0.1) is 0 Å². The molecule has 0 heterocycles. The molecule has 0 bridgehead atoms. The Morgan fingerprint density at radius 1 is 1.38 bits per heavy atom. The Morgan fingerprint density at radius 3 is 2.56 bits per heavy atom.